The van der Waals surface area contributed by atoms with Gasteiger partial charge in [0, 0.05) is 11.3 Å². The fourth-order valence-electron chi connectivity index (χ4n) is 1.25. The van der Waals surface area contributed by atoms with E-state index in [1.807, 2.05) is 6.07 Å². The molecule has 2 heterocycles. The van der Waals surface area contributed by atoms with Crippen LogP contribution in [0.15, 0.2) is 34.2 Å². The topological polar surface area (TPSA) is 48.1 Å². The van der Waals surface area contributed by atoms with Crippen LogP contribution in [0.25, 0.3) is 0 Å². The minimum atomic E-state index is 0.589. The van der Waals surface area contributed by atoms with Crippen molar-refractivity contribution in [2.45, 2.75) is 6.42 Å². The van der Waals surface area contributed by atoms with Gasteiger partial charge in [0.1, 0.15) is 0 Å². The molecule has 0 amide bonds. The maximum Gasteiger partial charge on any atom is 0.228 e. The molecule has 2 N–H and O–H groups in total. The quantitative estimate of drug-likeness (QED) is 0.943. The predicted molar refractivity (Wildman–Crippen MR) is 69.9 cm³/mol. The molecule has 0 bridgehead atoms. The Labute approximate surface area is 106 Å². The summed E-state index contributed by atoms with van der Waals surface area (Å²) in [6.07, 6.45) is 2.49. The average Bonchev–Trinajstić information content (AvgIpc) is 2.74. The van der Waals surface area contributed by atoms with Crippen molar-refractivity contribution in [2.75, 3.05) is 12.3 Å². The number of aromatic nitrogens is 1. The number of thiophene rings is 1. The van der Waals surface area contributed by atoms with Gasteiger partial charge in [-0.05, 0) is 33.4 Å². The number of rotatable bonds is 4. The van der Waals surface area contributed by atoms with Crippen LogP contribution in [-0.2, 0) is 6.42 Å². The lowest BCUT2D eigenvalue weighted by Gasteiger charge is -2.06. The Hall–Kier alpha value is -1.07. The summed E-state index contributed by atoms with van der Waals surface area (Å²) in [6, 6.07) is 5.92. The first-order valence-electron chi connectivity index (χ1n) is 4.82. The Morgan fingerprint density at radius 3 is 3.06 bits per heavy atom. The monoisotopic (exact) mass is 298 g/mol. The van der Waals surface area contributed by atoms with Crippen molar-refractivity contribution in [3.8, 4) is 5.88 Å². The van der Waals surface area contributed by atoms with E-state index in [4.69, 9.17) is 10.5 Å². The molecule has 0 aliphatic heterocycles. The highest BCUT2D eigenvalue weighted by molar-refractivity contribution is 9.10. The van der Waals surface area contributed by atoms with Crippen molar-refractivity contribution in [3.63, 3.8) is 0 Å². The number of hydrogen-bond acceptors (Lipinski definition) is 4. The van der Waals surface area contributed by atoms with Crippen molar-refractivity contribution in [3.05, 3.63) is 39.1 Å². The molecule has 0 saturated heterocycles. The molecule has 2 aromatic rings. The second-order valence-electron chi connectivity index (χ2n) is 3.23. The second kappa shape index (κ2) is 5.32. The van der Waals surface area contributed by atoms with Gasteiger partial charge in [-0.25, -0.2) is 4.98 Å². The molecular weight excluding hydrogens is 288 g/mol. The van der Waals surface area contributed by atoms with E-state index in [9.17, 15) is 0 Å². The summed E-state index contributed by atoms with van der Waals surface area (Å²) in [5, 5.41) is 2.06. The smallest absolute Gasteiger partial charge is 0.228 e. The Balaban J connectivity index is 1.90. The van der Waals surface area contributed by atoms with Crippen molar-refractivity contribution >= 4 is 33.0 Å². The summed E-state index contributed by atoms with van der Waals surface area (Å²) in [7, 11) is 0. The van der Waals surface area contributed by atoms with Crippen molar-refractivity contribution in [2.24, 2.45) is 0 Å². The van der Waals surface area contributed by atoms with Crippen LogP contribution in [-0.4, -0.2) is 11.6 Å². The van der Waals surface area contributed by atoms with Gasteiger partial charge in [-0.2, -0.15) is 0 Å². The standard InChI is InChI=1S/C11H11BrN2OS/c12-10-6-8(13)7-14-11(10)15-4-3-9-2-1-5-16-9/h1-2,5-7H,3-4,13H2. The van der Waals surface area contributed by atoms with Gasteiger partial charge >= 0.3 is 0 Å². The highest BCUT2D eigenvalue weighted by Crippen LogP contribution is 2.24. The molecule has 0 aliphatic carbocycles. The van der Waals surface area contributed by atoms with Gasteiger partial charge in [0.15, 0.2) is 0 Å². The first-order valence-corrected chi connectivity index (χ1v) is 6.49. The minimum Gasteiger partial charge on any atom is -0.476 e. The molecule has 2 rings (SSSR count). The third kappa shape index (κ3) is 2.96. The number of halogens is 1. The van der Waals surface area contributed by atoms with Gasteiger partial charge in [0.25, 0.3) is 0 Å². The SMILES string of the molecule is Nc1cnc(OCCc2cccs2)c(Br)c1. The van der Waals surface area contributed by atoms with E-state index in [1.54, 1.807) is 23.6 Å². The zero-order valence-electron chi connectivity index (χ0n) is 8.52. The number of nitrogens with zero attached hydrogens (tertiary/aromatic N) is 1. The van der Waals surface area contributed by atoms with Crippen molar-refractivity contribution < 1.29 is 4.74 Å². The largest absolute Gasteiger partial charge is 0.476 e. The maximum absolute atomic E-state index is 5.59. The number of anilines is 1. The molecule has 0 saturated carbocycles. The van der Waals surface area contributed by atoms with Crippen molar-refractivity contribution in [1.82, 2.24) is 4.98 Å². The first kappa shape index (κ1) is 11.4. The van der Waals surface area contributed by atoms with Gasteiger partial charge in [-0.15, -0.1) is 11.3 Å². The molecule has 2 aromatic heterocycles. The highest BCUT2D eigenvalue weighted by atomic mass is 79.9. The summed E-state index contributed by atoms with van der Waals surface area (Å²) in [5.41, 5.74) is 6.21. The van der Waals surface area contributed by atoms with Crippen LogP contribution in [0.4, 0.5) is 5.69 Å². The lowest BCUT2D eigenvalue weighted by Crippen LogP contribution is -2.02. The van der Waals surface area contributed by atoms with E-state index < -0.39 is 0 Å². The zero-order chi connectivity index (χ0) is 11.4. The third-order valence-electron chi connectivity index (χ3n) is 2.00. The normalized spacial score (nSPS) is 10.3. The summed E-state index contributed by atoms with van der Waals surface area (Å²) in [6.45, 7) is 0.621. The van der Waals surface area contributed by atoms with Crippen LogP contribution in [0.2, 0.25) is 0 Å². The lowest BCUT2D eigenvalue weighted by molar-refractivity contribution is 0.308. The molecule has 0 aromatic carbocycles. The Morgan fingerprint density at radius 2 is 2.38 bits per heavy atom. The van der Waals surface area contributed by atoms with Gasteiger partial charge in [-0.1, -0.05) is 6.07 Å². The van der Waals surface area contributed by atoms with E-state index in [0.29, 0.717) is 18.2 Å². The van der Waals surface area contributed by atoms with Crippen LogP contribution in [0, 0.1) is 0 Å². The van der Waals surface area contributed by atoms with E-state index in [1.165, 1.54) is 4.88 Å². The second-order valence-corrected chi connectivity index (χ2v) is 5.12. The maximum atomic E-state index is 5.59. The van der Waals surface area contributed by atoms with E-state index in [2.05, 4.69) is 32.4 Å². The number of hydrogen-bond donors (Lipinski definition) is 1. The van der Waals surface area contributed by atoms with Gasteiger partial charge in [-0.3, -0.25) is 0 Å². The average molecular weight is 299 g/mol. The van der Waals surface area contributed by atoms with Crippen LogP contribution < -0.4 is 10.5 Å². The molecule has 84 valence electrons. The molecular formula is C11H11BrN2OS. The molecule has 5 heteroatoms. The van der Waals surface area contributed by atoms with Crippen LogP contribution >= 0.6 is 27.3 Å². The number of ether oxygens (including phenoxy) is 1. The molecule has 0 radical (unpaired) electrons. The van der Waals surface area contributed by atoms with E-state index in [-0.39, 0.29) is 0 Å². The minimum absolute atomic E-state index is 0.589. The van der Waals surface area contributed by atoms with Crippen LogP contribution in [0.1, 0.15) is 4.88 Å². The third-order valence-corrected chi connectivity index (χ3v) is 3.50. The van der Waals surface area contributed by atoms with Crippen LogP contribution in [0.3, 0.4) is 0 Å². The Bertz CT molecular complexity index is 459. The molecule has 0 spiro atoms. The lowest BCUT2D eigenvalue weighted by atomic mass is 10.4. The van der Waals surface area contributed by atoms with Crippen molar-refractivity contribution in [1.29, 1.82) is 0 Å². The molecule has 0 unspecified atom stereocenters. The highest BCUT2D eigenvalue weighted by Gasteiger charge is 2.03. The number of pyridine rings is 1. The summed E-state index contributed by atoms with van der Waals surface area (Å²) < 4.78 is 6.35. The summed E-state index contributed by atoms with van der Waals surface area (Å²) >= 11 is 5.09. The fourth-order valence-corrected chi connectivity index (χ4v) is 2.42. The van der Waals surface area contributed by atoms with E-state index in [0.717, 1.165) is 10.9 Å². The number of nitrogens with two attached hydrogens (primary N) is 1. The van der Waals surface area contributed by atoms with Gasteiger partial charge in [0.2, 0.25) is 5.88 Å². The van der Waals surface area contributed by atoms with Gasteiger partial charge < -0.3 is 10.5 Å². The van der Waals surface area contributed by atoms with Gasteiger partial charge in [0.05, 0.1) is 23.0 Å². The molecule has 3 nitrogen and oxygen atoms in total. The summed E-state index contributed by atoms with van der Waals surface area (Å²) in [4.78, 5) is 5.42. The number of nitrogen functional groups attached to an aromatic ring is 1. The summed E-state index contributed by atoms with van der Waals surface area (Å²) in [5.74, 6) is 0.589. The predicted octanol–water partition coefficient (Wildman–Crippen LogP) is 3.11. The van der Waals surface area contributed by atoms with E-state index >= 15 is 0 Å². The molecule has 0 atom stereocenters. The fraction of sp³-hybridized carbons (Fsp3) is 0.182. The molecule has 0 aliphatic rings. The Morgan fingerprint density at radius 1 is 1.50 bits per heavy atom. The molecule has 0 fully saturated rings. The van der Waals surface area contributed by atoms with Crippen LogP contribution in [0.5, 0.6) is 5.88 Å². The zero-order valence-corrected chi connectivity index (χ0v) is 10.9. The molecule has 16 heavy (non-hydrogen) atoms. The first-order chi connectivity index (χ1) is 7.75. The Kier molecular flexibility index (Phi) is 3.79.